The average molecular weight is 567 g/mol. The van der Waals surface area contributed by atoms with Crippen LogP contribution in [0.25, 0.3) is 0 Å². The van der Waals surface area contributed by atoms with Gasteiger partial charge in [0.05, 0.1) is 25.3 Å². The van der Waals surface area contributed by atoms with Gasteiger partial charge in [0, 0.05) is 55.6 Å². The number of esters is 1. The summed E-state index contributed by atoms with van der Waals surface area (Å²) in [4.78, 5) is 45.5. The average Bonchev–Trinajstić information content (AvgIpc) is 3.20. The minimum atomic E-state index is -0.769. The Labute approximate surface area is 240 Å². The molecule has 2 heterocycles. The molecule has 3 amide bonds. The zero-order chi connectivity index (χ0) is 28.6. The fourth-order valence-corrected chi connectivity index (χ4v) is 5.32. The first kappa shape index (κ1) is 29.2. The zero-order valence-corrected chi connectivity index (χ0v) is 23.7. The minimum Gasteiger partial charge on any atom is -0.497 e. The third kappa shape index (κ3) is 6.48. The van der Waals surface area contributed by atoms with Crippen LogP contribution in [0.1, 0.15) is 35.3 Å². The molecule has 10 heteroatoms. The number of ether oxygens (including phenoxy) is 2. The number of hydrogen-bond acceptors (Lipinski definition) is 6. The maximum atomic E-state index is 13.4. The molecule has 9 nitrogen and oxygen atoms in total. The quantitative estimate of drug-likeness (QED) is 0.360. The van der Waals surface area contributed by atoms with Crippen molar-refractivity contribution in [1.29, 1.82) is 0 Å². The summed E-state index contributed by atoms with van der Waals surface area (Å²) in [7, 11) is 1.57. The predicted molar refractivity (Wildman–Crippen MR) is 153 cm³/mol. The fourth-order valence-electron chi connectivity index (χ4n) is 5.07. The molecule has 1 unspecified atom stereocenters. The molecule has 2 aliphatic rings. The molecule has 1 atom stereocenters. The molecule has 0 bridgehead atoms. The van der Waals surface area contributed by atoms with E-state index in [1.165, 1.54) is 4.90 Å². The standard InChI is InChI=1S/C30H35ClN4O5/c1-4-14-35-25(26(29(37)40-5-2)27(32-30(35)38)23-12-6-7-13-24(23)31)20-33-15-9-16-34(18-17-33)28(36)21-10-8-11-22(19-21)39-3/h4,6-8,10-13,19,27H,1,5,9,14-18,20H2,2-3H3,(H,32,38). The topological polar surface area (TPSA) is 91.4 Å². The highest BCUT2D eigenvalue weighted by molar-refractivity contribution is 6.31. The zero-order valence-electron chi connectivity index (χ0n) is 22.9. The summed E-state index contributed by atoms with van der Waals surface area (Å²) in [5.74, 6) is 0.0594. The van der Waals surface area contributed by atoms with Gasteiger partial charge >= 0.3 is 12.0 Å². The number of nitrogens with zero attached hydrogens (tertiary/aromatic N) is 3. The Morgan fingerprint density at radius 1 is 1.12 bits per heavy atom. The maximum absolute atomic E-state index is 13.4. The van der Waals surface area contributed by atoms with Gasteiger partial charge in [0.2, 0.25) is 0 Å². The Morgan fingerprint density at radius 2 is 1.93 bits per heavy atom. The third-order valence-corrected chi connectivity index (χ3v) is 7.37. The highest BCUT2D eigenvalue weighted by Gasteiger charge is 2.39. The smallest absolute Gasteiger partial charge is 0.338 e. The fraction of sp³-hybridized carbons (Fsp3) is 0.367. The maximum Gasteiger partial charge on any atom is 0.338 e. The van der Waals surface area contributed by atoms with Gasteiger partial charge in [-0.05, 0) is 43.2 Å². The Balaban J connectivity index is 1.64. The molecule has 4 rings (SSSR count). The van der Waals surface area contributed by atoms with Gasteiger partial charge in [0.15, 0.2) is 0 Å². The van der Waals surface area contributed by atoms with Crippen molar-refractivity contribution in [2.45, 2.75) is 19.4 Å². The van der Waals surface area contributed by atoms with E-state index in [1.54, 1.807) is 62.6 Å². The van der Waals surface area contributed by atoms with Crippen molar-refractivity contribution in [2.75, 3.05) is 53.0 Å². The van der Waals surface area contributed by atoms with Crippen LogP contribution in [0.15, 0.2) is 72.5 Å². The van der Waals surface area contributed by atoms with Gasteiger partial charge < -0.3 is 19.7 Å². The van der Waals surface area contributed by atoms with Crippen molar-refractivity contribution in [3.63, 3.8) is 0 Å². The Bertz CT molecular complexity index is 1300. The molecule has 1 saturated heterocycles. The number of hydrogen-bond donors (Lipinski definition) is 1. The molecule has 0 radical (unpaired) electrons. The first-order valence-corrected chi connectivity index (χ1v) is 13.7. The molecule has 40 heavy (non-hydrogen) atoms. The molecule has 2 aromatic carbocycles. The predicted octanol–water partition coefficient (Wildman–Crippen LogP) is 4.27. The van der Waals surface area contributed by atoms with Crippen LogP contribution in [0.2, 0.25) is 5.02 Å². The highest BCUT2D eigenvalue weighted by atomic mass is 35.5. The van der Waals surface area contributed by atoms with E-state index >= 15 is 0 Å². The van der Waals surface area contributed by atoms with Crippen LogP contribution in [0, 0.1) is 0 Å². The molecule has 1 fully saturated rings. The van der Waals surface area contributed by atoms with E-state index in [-0.39, 0.29) is 25.1 Å². The van der Waals surface area contributed by atoms with Crippen molar-refractivity contribution in [1.82, 2.24) is 20.0 Å². The number of rotatable bonds is 9. The monoisotopic (exact) mass is 566 g/mol. The summed E-state index contributed by atoms with van der Waals surface area (Å²) in [6.07, 6.45) is 2.36. The minimum absolute atomic E-state index is 0.0590. The largest absolute Gasteiger partial charge is 0.497 e. The second kappa shape index (κ2) is 13.5. The Morgan fingerprint density at radius 3 is 2.65 bits per heavy atom. The van der Waals surface area contributed by atoms with Gasteiger partial charge in [-0.2, -0.15) is 0 Å². The molecule has 0 aromatic heterocycles. The van der Waals surface area contributed by atoms with Gasteiger partial charge in [0.25, 0.3) is 5.91 Å². The number of benzene rings is 2. The lowest BCUT2D eigenvalue weighted by Crippen LogP contribution is -2.51. The van der Waals surface area contributed by atoms with Gasteiger partial charge in [-0.25, -0.2) is 9.59 Å². The van der Waals surface area contributed by atoms with Crippen LogP contribution in [-0.4, -0.2) is 85.6 Å². The molecule has 2 aromatic rings. The number of amides is 3. The third-order valence-electron chi connectivity index (χ3n) is 7.03. The number of halogens is 1. The van der Waals surface area contributed by atoms with Crippen LogP contribution in [-0.2, 0) is 9.53 Å². The van der Waals surface area contributed by atoms with Crippen molar-refractivity contribution >= 4 is 29.5 Å². The van der Waals surface area contributed by atoms with Crippen LogP contribution in [0.4, 0.5) is 4.79 Å². The number of carbonyl (C=O) groups excluding carboxylic acids is 3. The van der Waals surface area contributed by atoms with Crippen molar-refractivity contribution in [3.05, 3.63) is 88.6 Å². The summed E-state index contributed by atoms with van der Waals surface area (Å²) in [5, 5.41) is 3.38. The highest BCUT2D eigenvalue weighted by Crippen LogP contribution is 2.35. The number of methoxy groups -OCH3 is 1. The molecular formula is C30H35ClN4O5. The van der Waals surface area contributed by atoms with Crippen molar-refractivity contribution in [2.24, 2.45) is 0 Å². The van der Waals surface area contributed by atoms with E-state index in [0.717, 1.165) is 6.42 Å². The van der Waals surface area contributed by atoms with Crippen LogP contribution < -0.4 is 10.1 Å². The summed E-state index contributed by atoms with van der Waals surface area (Å²) in [6, 6.07) is 13.1. The van der Waals surface area contributed by atoms with E-state index < -0.39 is 12.0 Å². The van der Waals surface area contributed by atoms with Crippen LogP contribution >= 0.6 is 11.6 Å². The molecule has 0 spiro atoms. The number of nitrogens with one attached hydrogen (secondary N) is 1. The van der Waals surface area contributed by atoms with E-state index in [4.69, 9.17) is 21.1 Å². The molecular weight excluding hydrogens is 532 g/mol. The Kier molecular flexibility index (Phi) is 9.84. The van der Waals surface area contributed by atoms with Crippen molar-refractivity contribution in [3.8, 4) is 5.75 Å². The first-order chi connectivity index (χ1) is 19.4. The van der Waals surface area contributed by atoms with Crippen LogP contribution in [0.3, 0.4) is 0 Å². The lowest BCUT2D eigenvalue weighted by Gasteiger charge is -2.38. The number of urea groups is 1. The van der Waals surface area contributed by atoms with E-state index in [9.17, 15) is 14.4 Å². The summed E-state index contributed by atoms with van der Waals surface area (Å²) < 4.78 is 10.7. The van der Waals surface area contributed by atoms with E-state index in [1.807, 2.05) is 11.0 Å². The van der Waals surface area contributed by atoms with Crippen molar-refractivity contribution < 1.29 is 23.9 Å². The second-order valence-corrected chi connectivity index (χ2v) is 9.95. The SMILES string of the molecule is C=CCN1C(=O)NC(c2ccccc2Cl)C(C(=O)OCC)=C1CN1CCCN(C(=O)c2cccc(OC)c2)CC1. The number of carbonyl (C=O) groups is 3. The second-order valence-electron chi connectivity index (χ2n) is 9.54. The lowest BCUT2D eigenvalue weighted by molar-refractivity contribution is -0.139. The molecule has 0 aliphatic carbocycles. The molecule has 212 valence electrons. The van der Waals surface area contributed by atoms with Gasteiger partial charge in [-0.1, -0.05) is 41.9 Å². The summed E-state index contributed by atoms with van der Waals surface area (Å²) >= 11 is 6.51. The van der Waals surface area contributed by atoms with Gasteiger partial charge in [-0.3, -0.25) is 14.6 Å². The summed E-state index contributed by atoms with van der Waals surface area (Å²) in [5.41, 5.74) is 2.07. The Hall–Kier alpha value is -3.82. The normalized spacial score (nSPS) is 18.2. The van der Waals surface area contributed by atoms with E-state index in [2.05, 4.69) is 16.8 Å². The van der Waals surface area contributed by atoms with Gasteiger partial charge in [-0.15, -0.1) is 6.58 Å². The summed E-state index contributed by atoms with van der Waals surface area (Å²) in [6.45, 7) is 8.61. The van der Waals surface area contributed by atoms with Gasteiger partial charge in [0.1, 0.15) is 5.75 Å². The molecule has 0 saturated carbocycles. The lowest BCUT2D eigenvalue weighted by atomic mass is 9.94. The van der Waals surface area contributed by atoms with Crippen LogP contribution in [0.5, 0.6) is 5.75 Å². The molecule has 2 aliphatic heterocycles. The first-order valence-electron chi connectivity index (χ1n) is 13.4. The molecule has 1 N–H and O–H groups in total. The van der Waals surface area contributed by atoms with E-state index in [0.29, 0.717) is 65.9 Å².